The van der Waals surface area contributed by atoms with E-state index in [1.807, 2.05) is 13.8 Å². The van der Waals surface area contributed by atoms with Gasteiger partial charge < -0.3 is 4.90 Å². The number of nitrogens with zero attached hydrogens (tertiary/aromatic N) is 2. The molecule has 7 heteroatoms. The molecular weight excluding hydrogens is 274 g/mol. The van der Waals surface area contributed by atoms with Crippen LogP contribution in [0.1, 0.15) is 39.5 Å². The van der Waals surface area contributed by atoms with Crippen LogP contribution in [0.4, 0.5) is 4.79 Å². The van der Waals surface area contributed by atoms with Crippen LogP contribution in [0.25, 0.3) is 0 Å². The molecule has 2 rings (SSSR count). The molecule has 0 aromatic carbocycles. The summed E-state index contributed by atoms with van der Waals surface area (Å²) >= 11 is 0. The standard InChI is InChI=1S/C14H21N3O4/c1-3-16(4-2)10(18)9-17-12(20)14(7-5-6-8-14)11(19)15-13(17)21/h3-9H2,1-2H3,(H,15,19,21). The molecule has 21 heavy (non-hydrogen) atoms. The molecule has 0 radical (unpaired) electrons. The molecule has 1 aliphatic carbocycles. The second kappa shape index (κ2) is 5.83. The van der Waals surface area contributed by atoms with Gasteiger partial charge in [-0.15, -0.1) is 0 Å². The lowest BCUT2D eigenvalue weighted by Gasteiger charge is -2.37. The van der Waals surface area contributed by atoms with Gasteiger partial charge in [0.1, 0.15) is 12.0 Å². The first-order chi connectivity index (χ1) is 9.96. The first-order valence-corrected chi connectivity index (χ1v) is 7.41. The second-order valence-electron chi connectivity index (χ2n) is 5.51. The molecule has 7 nitrogen and oxygen atoms in total. The highest BCUT2D eigenvalue weighted by Crippen LogP contribution is 2.41. The summed E-state index contributed by atoms with van der Waals surface area (Å²) in [5, 5.41) is 2.23. The Balaban J connectivity index is 2.18. The molecule has 0 bridgehead atoms. The summed E-state index contributed by atoms with van der Waals surface area (Å²) in [6.07, 6.45) is 2.46. The summed E-state index contributed by atoms with van der Waals surface area (Å²) in [6, 6.07) is -0.789. The lowest BCUT2D eigenvalue weighted by atomic mass is 9.82. The van der Waals surface area contributed by atoms with Crippen LogP contribution in [0, 0.1) is 5.41 Å². The largest absolute Gasteiger partial charge is 0.342 e. The number of carbonyl (C=O) groups is 4. The van der Waals surface area contributed by atoms with Crippen molar-refractivity contribution in [2.24, 2.45) is 5.41 Å². The SMILES string of the molecule is CCN(CC)C(=O)CN1C(=O)NC(=O)C2(CCCC2)C1=O. The summed E-state index contributed by atoms with van der Waals surface area (Å²) in [4.78, 5) is 51.1. The minimum absolute atomic E-state index is 0.286. The molecule has 1 saturated carbocycles. The Labute approximate surface area is 123 Å². The lowest BCUT2D eigenvalue weighted by molar-refractivity contribution is -0.153. The summed E-state index contributed by atoms with van der Waals surface area (Å²) in [6.45, 7) is 4.40. The maximum atomic E-state index is 12.6. The lowest BCUT2D eigenvalue weighted by Crippen LogP contribution is -2.64. The Morgan fingerprint density at radius 3 is 2.29 bits per heavy atom. The van der Waals surface area contributed by atoms with Crippen LogP contribution in [0.15, 0.2) is 0 Å². The molecule has 0 aromatic heterocycles. The van der Waals surface area contributed by atoms with Crippen LogP contribution in [0.3, 0.4) is 0 Å². The third-order valence-corrected chi connectivity index (χ3v) is 4.42. The zero-order chi connectivity index (χ0) is 15.6. The average molecular weight is 295 g/mol. The zero-order valence-corrected chi connectivity index (χ0v) is 12.5. The fourth-order valence-corrected chi connectivity index (χ4v) is 3.11. The number of hydrogen-bond acceptors (Lipinski definition) is 4. The summed E-state index contributed by atoms with van der Waals surface area (Å²) in [7, 11) is 0. The molecule has 116 valence electrons. The monoisotopic (exact) mass is 295 g/mol. The molecule has 1 N–H and O–H groups in total. The van der Waals surface area contributed by atoms with E-state index in [0.29, 0.717) is 25.9 Å². The van der Waals surface area contributed by atoms with E-state index in [-0.39, 0.29) is 12.5 Å². The number of nitrogens with one attached hydrogen (secondary N) is 1. The predicted octanol–water partition coefficient (Wildman–Crippen LogP) is 0.494. The van der Waals surface area contributed by atoms with E-state index < -0.39 is 23.3 Å². The van der Waals surface area contributed by atoms with Crippen molar-refractivity contribution in [1.29, 1.82) is 0 Å². The molecule has 0 aromatic rings. The molecule has 0 atom stereocenters. The molecule has 1 aliphatic heterocycles. The van der Waals surface area contributed by atoms with Crippen molar-refractivity contribution in [1.82, 2.24) is 15.1 Å². The van der Waals surface area contributed by atoms with Gasteiger partial charge in [-0.3, -0.25) is 24.6 Å². The van der Waals surface area contributed by atoms with Crippen LogP contribution in [-0.4, -0.2) is 53.2 Å². The van der Waals surface area contributed by atoms with Gasteiger partial charge in [0, 0.05) is 13.1 Å². The van der Waals surface area contributed by atoms with Gasteiger partial charge >= 0.3 is 6.03 Å². The number of barbiturate groups is 1. The minimum Gasteiger partial charge on any atom is -0.342 e. The van der Waals surface area contributed by atoms with Crippen molar-refractivity contribution < 1.29 is 19.2 Å². The molecule has 1 saturated heterocycles. The van der Waals surface area contributed by atoms with Gasteiger partial charge in [0.25, 0.3) is 0 Å². The first kappa shape index (κ1) is 15.5. The van der Waals surface area contributed by atoms with E-state index >= 15 is 0 Å². The Hall–Kier alpha value is -1.92. The van der Waals surface area contributed by atoms with Crippen LogP contribution >= 0.6 is 0 Å². The number of hydrogen-bond donors (Lipinski definition) is 1. The van der Waals surface area contributed by atoms with Crippen molar-refractivity contribution in [2.75, 3.05) is 19.6 Å². The van der Waals surface area contributed by atoms with E-state index in [0.717, 1.165) is 17.7 Å². The van der Waals surface area contributed by atoms with Crippen LogP contribution < -0.4 is 5.32 Å². The van der Waals surface area contributed by atoms with E-state index in [9.17, 15) is 19.2 Å². The molecule has 1 spiro atoms. The van der Waals surface area contributed by atoms with Gasteiger partial charge in [0.15, 0.2) is 0 Å². The molecule has 2 aliphatic rings. The van der Waals surface area contributed by atoms with E-state index in [4.69, 9.17) is 0 Å². The molecular formula is C14H21N3O4. The topological polar surface area (TPSA) is 86.8 Å². The normalized spacial score (nSPS) is 20.9. The quantitative estimate of drug-likeness (QED) is 0.765. The highest BCUT2D eigenvalue weighted by Gasteiger charge is 2.55. The Morgan fingerprint density at radius 1 is 1.19 bits per heavy atom. The van der Waals surface area contributed by atoms with Crippen molar-refractivity contribution in [3.8, 4) is 0 Å². The smallest absolute Gasteiger partial charge is 0.331 e. The van der Waals surface area contributed by atoms with Gasteiger partial charge in [0.05, 0.1) is 0 Å². The Morgan fingerprint density at radius 2 is 1.76 bits per heavy atom. The van der Waals surface area contributed by atoms with Gasteiger partial charge in [-0.2, -0.15) is 0 Å². The fourth-order valence-electron chi connectivity index (χ4n) is 3.11. The van der Waals surface area contributed by atoms with E-state index in [2.05, 4.69) is 5.32 Å². The van der Waals surface area contributed by atoms with E-state index in [1.165, 1.54) is 0 Å². The second-order valence-corrected chi connectivity index (χ2v) is 5.51. The first-order valence-electron chi connectivity index (χ1n) is 7.41. The third-order valence-electron chi connectivity index (χ3n) is 4.42. The van der Waals surface area contributed by atoms with Crippen LogP contribution in [0.5, 0.6) is 0 Å². The zero-order valence-electron chi connectivity index (χ0n) is 12.5. The summed E-state index contributed by atoms with van der Waals surface area (Å²) < 4.78 is 0. The number of carbonyl (C=O) groups excluding carboxylic acids is 4. The minimum atomic E-state index is -1.14. The summed E-state index contributed by atoms with van der Waals surface area (Å²) in [5.74, 6) is -1.32. The molecule has 0 unspecified atom stereocenters. The van der Waals surface area contributed by atoms with Gasteiger partial charge in [0.2, 0.25) is 17.7 Å². The molecule has 1 heterocycles. The Bertz CT molecular complexity index is 479. The maximum absolute atomic E-state index is 12.6. The van der Waals surface area contributed by atoms with Gasteiger partial charge in [-0.05, 0) is 26.7 Å². The number of amides is 5. The highest BCUT2D eigenvalue weighted by atomic mass is 16.2. The van der Waals surface area contributed by atoms with Crippen molar-refractivity contribution in [2.45, 2.75) is 39.5 Å². The highest BCUT2D eigenvalue weighted by molar-refractivity contribution is 6.20. The van der Waals surface area contributed by atoms with Crippen molar-refractivity contribution in [3.63, 3.8) is 0 Å². The van der Waals surface area contributed by atoms with Gasteiger partial charge in [-0.25, -0.2) is 4.79 Å². The Kier molecular flexibility index (Phi) is 4.29. The number of imide groups is 2. The van der Waals surface area contributed by atoms with Crippen molar-refractivity contribution >= 4 is 23.8 Å². The van der Waals surface area contributed by atoms with Crippen molar-refractivity contribution in [3.05, 3.63) is 0 Å². The number of likely N-dealkylation sites (N-methyl/N-ethyl adjacent to an activating group) is 1. The maximum Gasteiger partial charge on any atom is 0.331 e. The van der Waals surface area contributed by atoms with Crippen LogP contribution in [0.2, 0.25) is 0 Å². The number of urea groups is 1. The molecule has 2 fully saturated rings. The average Bonchev–Trinajstić information content (AvgIpc) is 2.94. The molecule has 5 amide bonds. The third kappa shape index (κ3) is 2.52. The fraction of sp³-hybridized carbons (Fsp3) is 0.714. The summed E-state index contributed by atoms with van der Waals surface area (Å²) in [5.41, 5.74) is -1.14. The van der Waals surface area contributed by atoms with Gasteiger partial charge in [-0.1, -0.05) is 12.8 Å². The van der Waals surface area contributed by atoms with E-state index in [1.54, 1.807) is 4.90 Å². The number of rotatable bonds is 4. The van der Waals surface area contributed by atoms with Crippen LogP contribution in [-0.2, 0) is 14.4 Å². The predicted molar refractivity (Wildman–Crippen MR) is 74.1 cm³/mol.